The molecule has 1 aromatic heterocycles. The van der Waals surface area contributed by atoms with E-state index in [0.29, 0.717) is 26.6 Å². The van der Waals surface area contributed by atoms with E-state index in [1.807, 2.05) is 19.1 Å². The average Bonchev–Trinajstić information content (AvgIpc) is 2.79. The number of carbonyl (C=O) groups is 1. The molecule has 0 amide bonds. The third kappa shape index (κ3) is 2.49. The first-order chi connectivity index (χ1) is 9.97. The van der Waals surface area contributed by atoms with Crippen LogP contribution in [-0.4, -0.2) is 15.8 Å². The molecule has 4 nitrogen and oxygen atoms in total. The first kappa shape index (κ1) is 14.3. The summed E-state index contributed by atoms with van der Waals surface area (Å²) in [6.45, 7) is 1.93. The first-order valence-corrected chi connectivity index (χ1v) is 7.77. The highest BCUT2D eigenvalue weighted by molar-refractivity contribution is 9.11. The van der Waals surface area contributed by atoms with Crippen LogP contribution in [0.3, 0.4) is 0 Å². The van der Waals surface area contributed by atoms with Gasteiger partial charge in [0, 0.05) is 20.1 Å². The van der Waals surface area contributed by atoms with E-state index < -0.39 is 0 Å². The Morgan fingerprint density at radius 1 is 1.05 bits per heavy atom. The fourth-order valence-corrected chi connectivity index (χ4v) is 3.17. The maximum atomic E-state index is 12.7. The number of rotatable bonds is 2. The Hall–Kier alpha value is -1.66. The highest BCUT2D eigenvalue weighted by Gasteiger charge is 2.17. The minimum atomic E-state index is -0.293. The van der Waals surface area contributed by atoms with Crippen LogP contribution in [0.2, 0.25) is 0 Å². The van der Waals surface area contributed by atoms with E-state index in [2.05, 4.69) is 41.8 Å². The molecule has 0 aliphatic rings. The number of hydrogen-bond acceptors (Lipinski definition) is 2. The fourth-order valence-electron chi connectivity index (χ4n) is 2.20. The van der Waals surface area contributed by atoms with Gasteiger partial charge in [-0.05, 0) is 62.5 Å². The molecule has 0 aliphatic carbocycles. The van der Waals surface area contributed by atoms with Crippen LogP contribution < -0.4 is 5.69 Å². The standard InChI is InChI=1S/C15H10Br2N2O2/c1-7-3-2-4-8(13(7)17)14(20)9-5-11-12(6-10(9)16)19-15(21)18-11/h2-6H,1H3,(H2,18,19,21). The number of imidazole rings is 1. The summed E-state index contributed by atoms with van der Waals surface area (Å²) in [5.41, 5.74) is 3.06. The highest BCUT2D eigenvalue weighted by Crippen LogP contribution is 2.28. The molecule has 3 rings (SSSR count). The van der Waals surface area contributed by atoms with Gasteiger partial charge in [-0.2, -0.15) is 0 Å². The first-order valence-electron chi connectivity index (χ1n) is 6.18. The monoisotopic (exact) mass is 408 g/mol. The summed E-state index contributed by atoms with van der Waals surface area (Å²) in [7, 11) is 0. The van der Waals surface area contributed by atoms with Crippen molar-refractivity contribution in [3.8, 4) is 0 Å². The summed E-state index contributed by atoms with van der Waals surface area (Å²) in [4.78, 5) is 29.4. The van der Waals surface area contributed by atoms with Crippen molar-refractivity contribution in [2.45, 2.75) is 6.92 Å². The summed E-state index contributed by atoms with van der Waals surface area (Å²) in [6, 6.07) is 8.95. The topological polar surface area (TPSA) is 65.7 Å². The van der Waals surface area contributed by atoms with Gasteiger partial charge in [-0.1, -0.05) is 12.1 Å². The Kier molecular flexibility index (Phi) is 3.59. The third-order valence-electron chi connectivity index (χ3n) is 3.28. The Morgan fingerprint density at radius 3 is 2.43 bits per heavy atom. The minimum absolute atomic E-state index is 0.110. The zero-order chi connectivity index (χ0) is 15.1. The summed E-state index contributed by atoms with van der Waals surface area (Å²) in [5.74, 6) is -0.110. The molecule has 0 fully saturated rings. The molecule has 0 atom stereocenters. The molecule has 0 radical (unpaired) electrons. The predicted molar refractivity (Wildman–Crippen MR) is 88.9 cm³/mol. The van der Waals surface area contributed by atoms with Crippen molar-refractivity contribution in [3.05, 3.63) is 66.5 Å². The molecule has 0 saturated heterocycles. The van der Waals surface area contributed by atoms with Crippen molar-refractivity contribution in [3.63, 3.8) is 0 Å². The van der Waals surface area contributed by atoms with Crippen LogP contribution >= 0.6 is 31.9 Å². The quantitative estimate of drug-likeness (QED) is 0.630. The van der Waals surface area contributed by atoms with Crippen LogP contribution in [0, 0.1) is 6.92 Å². The van der Waals surface area contributed by atoms with Crippen LogP contribution in [0.1, 0.15) is 21.5 Å². The Bertz CT molecular complexity index is 925. The molecule has 0 bridgehead atoms. The van der Waals surface area contributed by atoms with Gasteiger partial charge in [0.1, 0.15) is 0 Å². The number of halogens is 2. The molecular formula is C15H10Br2N2O2. The number of nitrogens with one attached hydrogen (secondary N) is 2. The molecule has 1 heterocycles. The highest BCUT2D eigenvalue weighted by atomic mass is 79.9. The molecule has 6 heteroatoms. The largest absolute Gasteiger partial charge is 0.323 e. The molecule has 106 valence electrons. The van der Waals surface area contributed by atoms with E-state index in [-0.39, 0.29) is 11.5 Å². The second-order valence-electron chi connectivity index (χ2n) is 4.72. The second kappa shape index (κ2) is 5.27. The van der Waals surface area contributed by atoms with Crippen LogP contribution in [0.4, 0.5) is 0 Å². The van der Waals surface area contributed by atoms with E-state index in [1.165, 1.54) is 0 Å². The second-order valence-corrected chi connectivity index (χ2v) is 6.37. The number of fused-ring (bicyclic) bond motifs is 1. The molecular weight excluding hydrogens is 400 g/mol. The van der Waals surface area contributed by atoms with Crippen LogP contribution in [0.15, 0.2) is 44.1 Å². The van der Waals surface area contributed by atoms with Gasteiger partial charge in [0.05, 0.1) is 11.0 Å². The van der Waals surface area contributed by atoms with Crippen LogP contribution in [0.5, 0.6) is 0 Å². The van der Waals surface area contributed by atoms with E-state index >= 15 is 0 Å². The normalized spacial score (nSPS) is 11.0. The van der Waals surface area contributed by atoms with E-state index in [9.17, 15) is 9.59 Å². The van der Waals surface area contributed by atoms with E-state index in [1.54, 1.807) is 18.2 Å². The van der Waals surface area contributed by atoms with Gasteiger partial charge < -0.3 is 9.97 Å². The van der Waals surface area contributed by atoms with Gasteiger partial charge in [0.25, 0.3) is 0 Å². The molecule has 3 aromatic rings. The summed E-state index contributed by atoms with van der Waals surface area (Å²) in [6.07, 6.45) is 0. The minimum Gasteiger partial charge on any atom is -0.306 e. The third-order valence-corrected chi connectivity index (χ3v) is 4.99. The SMILES string of the molecule is Cc1cccc(C(=O)c2cc3[nH]c(=O)[nH]c3cc2Br)c1Br. The van der Waals surface area contributed by atoms with Crippen LogP contribution in [0.25, 0.3) is 11.0 Å². The number of carbonyl (C=O) groups excluding carboxylic acids is 1. The number of aromatic amines is 2. The van der Waals surface area contributed by atoms with Crippen LogP contribution in [-0.2, 0) is 0 Å². The zero-order valence-corrected chi connectivity index (χ0v) is 14.1. The maximum absolute atomic E-state index is 12.7. The van der Waals surface area contributed by atoms with Gasteiger partial charge in [-0.3, -0.25) is 4.79 Å². The van der Waals surface area contributed by atoms with Gasteiger partial charge >= 0.3 is 5.69 Å². The molecule has 0 aliphatic heterocycles. The number of aryl methyl sites for hydroxylation is 1. The molecule has 2 N–H and O–H groups in total. The van der Waals surface area contributed by atoms with Gasteiger partial charge in [0.2, 0.25) is 0 Å². The Morgan fingerprint density at radius 2 is 1.71 bits per heavy atom. The number of hydrogen-bond donors (Lipinski definition) is 2. The number of ketones is 1. The molecule has 21 heavy (non-hydrogen) atoms. The van der Waals surface area contributed by atoms with Crippen molar-refractivity contribution in [1.82, 2.24) is 9.97 Å². The summed E-state index contributed by atoms with van der Waals surface area (Å²) >= 11 is 6.85. The maximum Gasteiger partial charge on any atom is 0.323 e. The van der Waals surface area contributed by atoms with Gasteiger partial charge in [-0.15, -0.1) is 0 Å². The lowest BCUT2D eigenvalue weighted by molar-refractivity contribution is 0.103. The van der Waals surface area contributed by atoms with Gasteiger partial charge in [0.15, 0.2) is 5.78 Å². The molecule has 0 saturated carbocycles. The van der Waals surface area contributed by atoms with Crippen molar-refractivity contribution in [1.29, 1.82) is 0 Å². The van der Waals surface area contributed by atoms with Crippen molar-refractivity contribution in [2.24, 2.45) is 0 Å². The molecule has 2 aromatic carbocycles. The zero-order valence-electron chi connectivity index (χ0n) is 11.0. The Balaban J connectivity index is 2.19. The number of H-pyrrole nitrogens is 2. The Labute approximate surface area is 136 Å². The lowest BCUT2D eigenvalue weighted by atomic mass is 10.0. The molecule has 0 spiro atoms. The molecule has 0 unspecified atom stereocenters. The lowest BCUT2D eigenvalue weighted by Gasteiger charge is -2.08. The average molecular weight is 410 g/mol. The smallest absolute Gasteiger partial charge is 0.306 e. The van der Waals surface area contributed by atoms with Gasteiger partial charge in [-0.25, -0.2) is 4.79 Å². The van der Waals surface area contributed by atoms with E-state index in [0.717, 1.165) is 10.0 Å². The van der Waals surface area contributed by atoms with Crippen molar-refractivity contribution >= 4 is 48.7 Å². The number of benzene rings is 2. The van der Waals surface area contributed by atoms with Crippen molar-refractivity contribution in [2.75, 3.05) is 0 Å². The number of aromatic nitrogens is 2. The lowest BCUT2D eigenvalue weighted by Crippen LogP contribution is -2.04. The van der Waals surface area contributed by atoms with Crippen molar-refractivity contribution < 1.29 is 4.79 Å². The predicted octanol–water partition coefficient (Wildman–Crippen LogP) is 3.92. The summed E-state index contributed by atoms with van der Waals surface area (Å²) < 4.78 is 1.42. The van der Waals surface area contributed by atoms with E-state index in [4.69, 9.17) is 0 Å². The fraction of sp³-hybridized carbons (Fsp3) is 0.0667. The summed E-state index contributed by atoms with van der Waals surface area (Å²) in [5, 5.41) is 0.